The van der Waals surface area contributed by atoms with Crippen LogP contribution in [0, 0.1) is 6.92 Å². The maximum absolute atomic E-state index is 12.4. The van der Waals surface area contributed by atoms with Crippen molar-refractivity contribution in [1.29, 1.82) is 0 Å². The van der Waals surface area contributed by atoms with Crippen LogP contribution in [-0.2, 0) is 16.1 Å². The maximum atomic E-state index is 12.4. The van der Waals surface area contributed by atoms with Crippen molar-refractivity contribution in [3.63, 3.8) is 0 Å². The van der Waals surface area contributed by atoms with Crippen molar-refractivity contribution < 1.29 is 23.5 Å². The fourth-order valence-electron chi connectivity index (χ4n) is 3.22. The van der Waals surface area contributed by atoms with Gasteiger partial charge in [-0.05, 0) is 60.4 Å². The molecule has 0 saturated carbocycles. The molecule has 0 aliphatic heterocycles. The van der Waals surface area contributed by atoms with Gasteiger partial charge in [0.15, 0.2) is 0 Å². The largest absolute Gasteiger partial charge is 0.465 e. The molecule has 1 heterocycles. The average Bonchev–Trinajstić information content (AvgIpc) is 2.70. The van der Waals surface area contributed by atoms with E-state index in [1.54, 1.807) is 0 Å². The summed E-state index contributed by atoms with van der Waals surface area (Å²) in [5.74, 6) is -0.738. The van der Waals surface area contributed by atoms with E-state index in [-0.39, 0.29) is 6.61 Å². The van der Waals surface area contributed by atoms with Gasteiger partial charge in [-0.3, -0.25) is 0 Å². The second-order valence-electron chi connectivity index (χ2n) is 7.10. The van der Waals surface area contributed by atoms with E-state index in [1.807, 2.05) is 19.1 Å². The van der Waals surface area contributed by atoms with Crippen molar-refractivity contribution in [3.05, 3.63) is 80.7 Å². The lowest BCUT2D eigenvalue weighted by Crippen LogP contribution is -2.09. The van der Waals surface area contributed by atoms with E-state index in [0.29, 0.717) is 28.2 Å². The monoisotopic (exact) mass is 394 g/mol. The van der Waals surface area contributed by atoms with Crippen LogP contribution < -0.4 is 5.63 Å². The molecule has 0 N–H and O–H groups in total. The highest BCUT2D eigenvalue weighted by atomic mass is 16.5. The number of methoxy groups -OCH3 is 1. The van der Waals surface area contributed by atoms with Crippen molar-refractivity contribution in [1.82, 2.24) is 0 Å². The lowest BCUT2D eigenvalue weighted by molar-refractivity contribution is 0.0472. The van der Waals surface area contributed by atoms with Gasteiger partial charge >= 0.3 is 17.6 Å². The first-order valence-corrected chi connectivity index (χ1v) is 9.23. The lowest BCUT2D eigenvalue weighted by Gasteiger charge is -2.13. The van der Waals surface area contributed by atoms with Crippen molar-refractivity contribution >= 4 is 22.9 Å². The fraction of sp³-hybridized carbons (Fsp3) is 0.261. The summed E-state index contributed by atoms with van der Waals surface area (Å²) in [7, 11) is 1.29. The number of aryl methyl sites for hydroxylation is 1. The molecule has 3 rings (SSSR count). The molecule has 0 fully saturated rings. The Morgan fingerprint density at radius 2 is 1.62 bits per heavy atom. The first-order valence-electron chi connectivity index (χ1n) is 9.23. The van der Waals surface area contributed by atoms with Gasteiger partial charge in [-0.1, -0.05) is 13.8 Å². The normalized spacial score (nSPS) is 10.9. The zero-order chi connectivity index (χ0) is 21.1. The molecule has 1 aromatic heterocycles. The Morgan fingerprint density at radius 3 is 2.21 bits per heavy atom. The number of carbonyl (C=O) groups excluding carboxylic acids is 2. The van der Waals surface area contributed by atoms with Gasteiger partial charge in [-0.2, -0.15) is 0 Å². The van der Waals surface area contributed by atoms with Crippen LogP contribution in [0.5, 0.6) is 0 Å². The van der Waals surface area contributed by atoms with Crippen LogP contribution in [0.4, 0.5) is 0 Å². The van der Waals surface area contributed by atoms with E-state index < -0.39 is 17.6 Å². The minimum absolute atomic E-state index is 0.0692. The molecule has 0 spiro atoms. The van der Waals surface area contributed by atoms with Crippen LogP contribution >= 0.6 is 0 Å². The summed E-state index contributed by atoms with van der Waals surface area (Å²) in [5.41, 5.74) is 3.36. The standard InChI is InChI=1S/C23H22O6/c1-13(2)18-11-19-17(10-21(24)29-20(19)9-14(18)3)12-28-23(26)16-7-5-15(6-8-16)22(25)27-4/h5-11,13H,12H2,1-4H3. The molecule has 0 aliphatic rings. The summed E-state index contributed by atoms with van der Waals surface area (Å²) in [4.78, 5) is 35.8. The molecular formula is C23H22O6. The molecule has 0 unspecified atom stereocenters. The van der Waals surface area contributed by atoms with Gasteiger partial charge in [-0.25, -0.2) is 14.4 Å². The molecule has 29 heavy (non-hydrogen) atoms. The number of hydrogen-bond acceptors (Lipinski definition) is 6. The van der Waals surface area contributed by atoms with Crippen LogP contribution in [-0.4, -0.2) is 19.0 Å². The van der Waals surface area contributed by atoms with Crippen LogP contribution in [0.3, 0.4) is 0 Å². The third-order valence-corrected chi connectivity index (χ3v) is 4.74. The maximum Gasteiger partial charge on any atom is 0.338 e. The quantitative estimate of drug-likeness (QED) is 0.472. The van der Waals surface area contributed by atoms with E-state index in [1.165, 1.54) is 37.4 Å². The Bertz CT molecular complexity index is 1120. The molecule has 0 aliphatic carbocycles. The average molecular weight is 394 g/mol. The Hall–Kier alpha value is -3.41. The third kappa shape index (κ3) is 4.37. The number of benzene rings is 2. The van der Waals surface area contributed by atoms with Crippen molar-refractivity contribution in [2.24, 2.45) is 0 Å². The Balaban J connectivity index is 1.86. The summed E-state index contributed by atoms with van der Waals surface area (Å²) >= 11 is 0. The molecule has 0 radical (unpaired) electrons. The van der Waals surface area contributed by atoms with Gasteiger partial charge in [0.1, 0.15) is 12.2 Å². The second-order valence-corrected chi connectivity index (χ2v) is 7.10. The molecule has 150 valence electrons. The minimum Gasteiger partial charge on any atom is -0.465 e. The lowest BCUT2D eigenvalue weighted by atomic mass is 9.95. The second kappa shape index (κ2) is 8.31. The number of hydrogen-bond donors (Lipinski definition) is 0. The van der Waals surface area contributed by atoms with E-state index >= 15 is 0 Å². The first-order chi connectivity index (χ1) is 13.8. The van der Waals surface area contributed by atoms with Gasteiger partial charge in [0.2, 0.25) is 0 Å². The summed E-state index contributed by atoms with van der Waals surface area (Å²) in [6, 6.07) is 11.1. The number of rotatable bonds is 5. The fourth-order valence-corrected chi connectivity index (χ4v) is 3.22. The third-order valence-electron chi connectivity index (χ3n) is 4.74. The van der Waals surface area contributed by atoms with Crippen molar-refractivity contribution in [2.75, 3.05) is 7.11 Å². The van der Waals surface area contributed by atoms with Crippen molar-refractivity contribution in [2.45, 2.75) is 33.3 Å². The molecule has 0 amide bonds. The highest BCUT2D eigenvalue weighted by molar-refractivity contribution is 5.93. The molecule has 6 nitrogen and oxygen atoms in total. The van der Waals surface area contributed by atoms with E-state index in [9.17, 15) is 14.4 Å². The number of esters is 2. The molecule has 0 atom stereocenters. The number of carbonyl (C=O) groups is 2. The molecule has 0 bridgehead atoms. The zero-order valence-corrected chi connectivity index (χ0v) is 16.8. The van der Waals surface area contributed by atoms with E-state index in [2.05, 4.69) is 18.6 Å². The smallest absolute Gasteiger partial charge is 0.338 e. The Labute approximate surface area is 168 Å². The zero-order valence-electron chi connectivity index (χ0n) is 16.8. The predicted octanol–water partition coefficient (Wildman–Crippen LogP) is 4.37. The van der Waals surface area contributed by atoms with Gasteiger partial charge in [0, 0.05) is 17.0 Å². The molecule has 6 heteroatoms. The number of fused-ring (bicyclic) bond motifs is 1. The SMILES string of the molecule is COC(=O)c1ccc(C(=O)OCc2cc(=O)oc3cc(C)c(C(C)C)cc23)cc1. The number of ether oxygens (including phenoxy) is 2. The Morgan fingerprint density at radius 1 is 1.00 bits per heavy atom. The predicted molar refractivity (Wildman–Crippen MR) is 108 cm³/mol. The molecule has 0 saturated heterocycles. The molecular weight excluding hydrogens is 372 g/mol. The Kier molecular flexibility index (Phi) is 5.82. The van der Waals surface area contributed by atoms with E-state index in [4.69, 9.17) is 9.15 Å². The minimum atomic E-state index is -0.556. The van der Waals surface area contributed by atoms with Gasteiger partial charge < -0.3 is 13.9 Å². The summed E-state index contributed by atoms with van der Waals surface area (Å²) in [6.07, 6.45) is 0. The van der Waals surface area contributed by atoms with Gasteiger partial charge in [0.05, 0.1) is 18.2 Å². The van der Waals surface area contributed by atoms with Crippen LogP contribution in [0.15, 0.2) is 51.7 Å². The topological polar surface area (TPSA) is 82.8 Å². The molecule has 2 aromatic carbocycles. The summed E-state index contributed by atoms with van der Waals surface area (Å²) in [5, 5.41) is 0.743. The highest BCUT2D eigenvalue weighted by Gasteiger charge is 2.14. The molecule has 3 aromatic rings. The van der Waals surface area contributed by atoms with Crippen LogP contribution in [0.2, 0.25) is 0 Å². The van der Waals surface area contributed by atoms with Gasteiger partial charge in [-0.15, -0.1) is 0 Å². The van der Waals surface area contributed by atoms with Crippen LogP contribution in [0.25, 0.3) is 11.0 Å². The van der Waals surface area contributed by atoms with E-state index in [0.717, 1.165) is 16.5 Å². The first kappa shape index (κ1) is 20.3. The van der Waals surface area contributed by atoms with Crippen LogP contribution in [0.1, 0.15) is 57.2 Å². The van der Waals surface area contributed by atoms with Gasteiger partial charge in [0.25, 0.3) is 0 Å². The highest BCUT2D eigenvalue weighted by Crippen LogP contribution is 2.27. The summed E-state index contributed by atoms with van der Waals surface area (Å²) < 4.78 is 15.3. The summed E-state index contributed by atoms with van der Waals surface area (Å²) in [6.45, 7) is 6.08. The van der Waals surface area contributed by atoms with Crippen molar-refractivity contribution in [3.8, 4) is 0 Å².